The maximum atomic E-state index is 13.8. The fraction of sp³-hybridized carbons (Fsp3) is 0.219. The van der Waals surface area contributed by atoms with Gasteiger partial charge in [-0.2, -0.15) is 5.01 Å². The van der Waals surface area contributed by atoms with Crippen molar-refractivity contribution in [1.29, 1.82) is 0 Å². The van der Waals surface area contributed by atoms with Crippen LogP contribution in [0.1, 0.15) is 44.4 Å². The lowest BCUT2D eigenvalue weighted by Crippen LogP contribution is -2.52. The van der Waals surface area contributed by atoms with Gasteiger partial charge < -0.3 is 9.47 Å². The predicted molar refractivity (Wildman–Crippen MR) is 158 cm³/mol. The van der Waals surface area contributed by atoms with E-state index >= 15 is 0 Å². The zero-order valence-corrected chi connectivity index (χ0v) is 24.7. The molecule has 220 valence electrons. The van der Waals surface area contributed by atoms with Gasteiger partial charge in [-0.3, -0.25) is 19.2 Å². The minimum atomic E-state index is -0.806. The van der Waals surface area contributed by atoms with Crippen LogP contribution in [0.25, 0.3) is 0 Å². The lowest BCUT2D eigenvalue weighted by molar-refractivity contribution is -0.154. The molecule has 1 aliphatic heterocycles. The molecule has 9 nitrogen and oxygen atoms in total. The third-order valence-electron chi connectivity index (χ3n) is 7.47. The second-order valence-electron chi connectivity index (χ2n) is 10.2. The Labute approximate surface area is 257 Å². The van der Waals surface area contributed by atoms with Gasteiger partial charge >= 0.3 is 5.97 Å². The van der Waals surface area contributed by atoms with Crippen molar-refractivity contribution in [3.63, 3.8) is 0 Å². The Balaban J connectivity index is 1.39. The summed E-state index contributed by atoms with van der Waals surface area (Å²) in [6.45, 7) is 1.21. The molecule has 0 N–H and O–H groups in total. The van der Waals surface area contributed by atoms with Gasteiger partial charge in [0.25, 0.3) is 17.7 Å². The topological polar surface area (TPSA) is 110 Å². The Morgan fingerprint density at radius 2 is 1.67 bits per heavy atom. The third kappa shape index (κ3) is 6.04. The van der Waals surface area contributed by atoms with Crippen molar-refractivity contribution >= 4 is 52.7 Å². The van der Waals surface area contributed by atoms with Crippen LogP contribution in [0.5, 0.6) is 11.5 Å². The molecular formula is C32H26Cl2N2O7. The van der Waals surface area contributed by atoms with E-state index in [1.54, 1.807) is 18.2 Å². The molecule has 0 saturated carbocycles. The number of ether oxygens (including phenoxy) is 2. The summed E-state index contributed by atoms with van der Waals surface area (Å²) < 4.78 is 10.5. The standard InChI is InChI=1S/C32H26Cl2N2O7/c1-18-5-3-8-25-28(18)31(40)36(30(25)39)35(29(38)24-14-11-21(33)16-26(24)34)17-27(37)19-9-12-22(13-10-19)43-32(41)20-6-4-7-23(15-20)42-2/h3-7,9-16,18,25,28H,8,17H2,1-2H3/t18-,25-,28-/m1/s1. The number of imide groups is 1. The van der Waals surface area contributed by atoms with Crippen molar-refractivity contribution in [2.45, 2.75) is 13.3 Å². The minimum Gasteiger partial charge on any atom is -0.497 e. The van der Waals surface area contributed by atoms with Crippen LogP contribution in [-0.2, 0) is 9.59 Å². The number of nitrogens with zero attached hydrogens (tertiary/aromatic N) is 2. The maximum Gasteiger partial charge on any atom is 0.343 e. The molecule has 3 aromatic rings. The number of ketones is 1. The molecule has 0 bridgehead atoms. The van der Waals surface area contributed by atoms with E-state index in [-0.39, 0.29) is 38.4 Å². The highest BCUT2D eigenvalue weighted by Crippen LogP contribution is 2.39. The number of amides is 3. The lowest BCUT2D eigenvalue weighted by atomic mass is 9.78. The van der Waals surface area contributed by atoms with Crippen LogP contribution in [0.15, 0.2) is 78.9 Å². The molecule has 1 aliphatic carbocycles. The van der Waals surface area contributed by atoms with Gasteiger partial charge in [0.05, 0.1) is 35.1 Å². The van der Waals surface area contributed by atoms with Gasteiger partial charge in [0, 0.05) is 10.6 Å². The monoisotopic (exact) mass is 620 g/mol. The molecular weight excluding hydrogens is 595 g/mol. The maximum absolute atomic E-state index is 13.8. The van der Waals surface area contributed by atoms with Crippen LogP contribution in [0.2, 0.25) is 10.0 Å². The minimum absolute atomic E-state index is 0.00343. The Morgan fingerprint density at radius 1 is 0.930 bits per heavy atom. The first-order chi connectivity index (χ1) is 20.6. The summed E-state index contributed by atoms with van der Waals surface area (Å²) in [5.74, 6) is -3.94. The molecule has 2 aliphatic rings. The largest absolute Gasteiger partial charge is 0.497 e. The number of esters is 1. The number of carbonyl (C=O) groups is 5. The summed E-state index contributed by atoms with van der Waals surface area (Å²) in [5, 5.41) is 1.93. The molecule has 0 unspecified atom stereocenters. The number of benzene rings is 3. The number of methoxy groups -OCH3 is 1. The van der Waals surface area contributed by atoms with Gasteiger partial charge in [0.1, 0.15) is 18.0 Å². The van der Waals surface area contributed by atoms with Crippen molar-refractivity contribution in [1.82, 2.24) is 10.0 Å². The first kappa shape index (κ1) is 30.0. The molecule has 1 fully saturated rings. The molecule has 11 heteroatoms. The van der Waals surface area contributed by atoms with Crippen molar-refractivity contribution in [2.75, 3.05) is 13.7 Å². The number of carbonyl (C=O) groups excluding carboxylic acids is 5. The number of hydrogen-bond donors (Lipinski definition) is 0. The second-order valence-corrected chi connectivity index (χ2v) is 11.0. The molecule has 3 aromatic carbocycles. The molecule has 1 saturated heterocycles. The van der Waals surface area contributed by atoms with Crippen LogP contribution in [0.3, 0.4) is 0 Å². The molecule has 3 amide bonds. The van der Waals surface area contributed by atoms with Gasteiger partial charge in [-0.05, 0) is 73.0 Å². The van der Waals surface area contributed by atoms with Crippen LogP contribution in [-0.4, -0.2) is 53.1 Å². The fourth-order valence-corrected chi connectivity index (χ4v) is 5.75. The van der Waals surface area contributed by atoms with Crippen LogP contribution >= 0.6 is 23.2 Å². The highest BCUT2D eigenvalue weighted by Gasteiger charge is 2.53. The van der Waals surface area contributed by atoms with E-state index < -0.39 is 47.9 Å². The van der Waals surface area contributed by atoms with E-state index in [4.69, 9.17) is 32.7 Å². The Bertz CT molecular complexity index is 1650. The van der Waals surface area contributed by atoms with Gasteiger partial charge in [-0.1, -0.05) is 48.3 Å². The van der Waals surface area contributed by atoms with E-state index in [0.717, 1.165) is 10.0 Å². The smallest absolute Gasteiger partial charge is 0.343 e. The van der Waals surface area contributed by atoms with Crippen LogP contribution < -0.4 is 9.47 Å². The fourth-order valence-electron chi connectivity index (χ4n) is 5.26. The van der Waals surface area contributed by atoms with E-state index in [1.807, 2.05) is 19.1 Å². The number of Topliss-reactive ketones (excluding diaryl/α,β-unsaturated/α-hetero) is 1. The van der Waals surface area contributed by atoms with Gasteiger partial charge in [-0.25, -0.2) is 9.80 Å². The van der Waals surface area contributed by atoms with E-state index in [0.29, 0.717) is 12.2 Å². The molecule has 1 heterocycles. The van der Waals surface area contributed by atoms with Crippen molar-refractivity contribution < 1.29 is 33.4 Å². The highest BCUT2D eigenvalue weighted by molar-refractivity contribution is 6.36. The summed E-state index contributed by atoms with van der Waals surface area (Å²) in [4.78, 5) is 66.9. The molecule has 43 heavy (non-hydrogen) atoms. The molecule has 3 atom stereocenters. The average Bonchev–Trinajstić information content (AvgIpc) is 3.25. The predicted octanol–water partition coefficient (Wildman–Crippen LogP) is 5.66. The van der Waals surface area contributed by atoms with E-state index in [1.165, 1.54) is 55.6 Å². The quantitative estimate of drug-likeness (QED) is 0.105. The highest BCUT2D eigenvalue weighted by atomic mass is 35.5. The first-order valence-electron chi connectivity index (χ1n) is 13.4. The van der Waals surface area contributed by atoms with Gasteiger partial charge in [0.2, 0.25) is 0 Å². The number of fused-ring (bicyclic) bond motifs is 1. The van der Waals surface area contributed by atoms with Gasteiger partial charge in [0.15, 0.2) is 5.78 Å². The zero-order chi connectivity index (χ0) is 30.8. The lowest BCUT2D eigenvalue weighted by Gasteiger charge is -2.30. The SMILES string of the molecule is COc1cccc(C(=O)Oc2ccc(C(=O)CN(C(=O)c3ccc(Cl)cc3Cl)N3C(=O)[C@@H]4[C@H](C)C=CC[C@H]4C3=O)cc2)c1. The zero-order valence-electron chi connectivity index (χ0n) is 23.2. The summed E-state index contributed by atoms with van der Waals surface area (Å²) in [5.41, 5.74) is 0.410. The Morgan fingerprint density at radius 3 is 2.35 bits per heavy atom. The number of halogens is 2. The Hall–Kier alpha value is -4.47. The second kappa shape index (κ2) is 12.4. The number of allylic oxidation sites excluding steroid dienone is 2. The molecule has 5 rings (SSSR count). The summed E-state index contributed by atoms with van der Waals surface area (Å²) in [6, 6.07) is 16.4. The van der Waals surface area contributed by atoms with Crippen LogP contribution in [0.4, 0.5) is 0 Å². The van der Waals surface area contributed by atoms with E-state index in [2.05, 4.69) is 0 Å². The first-order valence-corrected chi connectivity index (χ1v) is 14.2. The van der Waals surface area contributed by atoms with Crippen molar-refractivity contribution in [2.24, 2.45) is 17.8 Å². The van der Waals surface area contributed by atoms with Crippen molar-refractivity contribution in [3.8, 4) is 11.5 Å². The normalized spacial score (nSPS) is 19.2. The van der Waals surface area contributed by atoms with Crippen molar-refractivity contribution in [3.05, 3.63) is 106 Å². The number of hydrogen-bond acceptors (Lipinski definition) is 7. The Kier molecular flexibility index (Phi) is 8.66. The summed E-state index contributed by atoms with van der Waals surface area (Å²) in [6.07, 6.45) is 4.06. The molecule has 0 radical (unpaired) electrons. The van der Waals surface area contributed by atoms with Crippen LogP contribution in [0, 0.1) is 17.8 Å². The third-order valence-corrected chi connectivity index (χ3v) is 8.02. The number of hydrazine groups is 1. The molecule has 0 aromatic heterocycles. The van der Waals surface area contributed by atoms with Gasteiger partial charge in [-0.15, -0.1) is 0 Å². The summed E-state index contributed by atoms with van der Waals surface area (Å²) >= 11 is 12.3. The summed E-state index contributed by atoms with van der Waals surface area (Å²) in [7, 11) is 1.49. The number of rotatable bonds is 8. The van der Waals surface area contributed by atoms with E-state index in [9.17, 15) is 24.0 Å². The average molecular weight is 621 g/mol. The molecule has 0 spiro atoms.